The summed E-state index contributed by atoms with van der Waals surface area (Å²) in [5.74, 6) is 1.67. The maximum atomic E-state index is 8.95. The molecule has 0 aromatic heterocycles. The molecule has 0 aliphatic rings. The molecule has 2 rings (SSSR count). The van der Waals surface area contributed by atoms with Crippen molar-refractivity contribution >= 4 is 15.9 Å². The lowest BCUT2D eigenvalue weighted by Gasteiger charge is -2.14. The van der Waals surface area contributed by atoms with Crippen LogP contribution >= 0.6 is 15.9 Å². The molecule has 2 aromatic rings. The second-order valence-corrected chi connectivity index (χ2v) is 4.96. The Morgan fingerprint density at radius 1 is 1.16 bits per heavy atom. The average Bonchev–Trinajstić information content (AvgIpc) is 2.43. The van der Waals surface area contributed by atoms with Gasteiger partial charge >= 0.3 is 0 Å². The van der Waals surface area contributed by atoms with Crippen molar-refractivity contribution in [2.75, 3.05) is 0 Å². The summed E-state index contributed by atoms with van der Waals surface area (Å²) in [6.45, 7) is 3.92. The van der Waals surface area contributed by atoms with E-state index in [1.807, 2.05) is 50.2 Å². The van der Waals surface area contributed by atoms with Crippen LogP contribution in [0.25, 0.3) is 0 Å². The van der Waals surface area contributed by atoms with Gasteiger partial charge in [0.1, 0.15) is 11.5 Å². The number of halogens is 1. The number of nitriles is 1. The first-order valence-electron chi connectivity index (χ1n) is 5.98. The number of benzene rings is 2. The van der Waals surface area contributed by atoms with Crippen LogP contribution in [0.3, 0.4) is 0 Å². The highest BCUT2D eigenvalue weighted by molar-refractivity contribution is 9.08. The average molecular weight is 316 g/mol. The molecule has 0 saturated heterocycles. The first-order valence-corrected chi connectivity index (χ1v) is 7.11. The maximum Gasteiger partial charge on any atom is 0.133 e. The second kappa shape index (κ2) is 5.90. The van der Waals surface area contributed by atoms with Crippen molar-refractivity contribution < 1.29 is 4.74 Å². The van der Waals surface area contributed by atoms with E-state index in [-0.39, 0.29) is 0 Å². The van der Waals surface area contributed by atoms with Gasteiger partial charge in [-0.25, -0.2) is 0 Å². The molecular formula is C16H14BrNO. The molecule has 0 aliphatic carbocycles. The molecule has 0 unspecified atom stereocenters. The summed E-state index contributed by atoms with van der Waals surface area (Å²) in [5.41, 5.74) is 3.71. The van der Waals surface area contributed by atoms with Gasteiger partial charge in [-0.15, -0.1) is 0 Å². The van der Waals surface area contributed by atoms with Gasteiger partial charge in [-0.2, -0.15) is 5.26 Å². The van der Waals surface area contributed by atoms with Gasteiger partial charge in [0.2, 0.25) is 0 Å². The number of rotatable bonds is 3. The van der Waals surface area contributed by atoms with Crippen LogP contribution in [0.5, 0.6) is 11.5 Å². The summed E-state index contributed by atoms with van der Waals surface area (Å²) in [6, 6.07) is 13.8. The highest BCUT2D eigenvalue weighted by Crippen LogP contribution is 2.32. The molecule has 0 amide bonds. The van der Waals surface area contributed by atoms with Crippen molar-refractivity contribution in [3.8, 4) is 17.6 Å². The lowest BCUT2D eigenvalue weighted by Crippen LogP contribution is -1.95. The van der Waals surface area contributed by atoms with Crippen molar-refractivity contribution in [3.63, 3.8) is 0 Å². The van der Waals surface area contributed by atoms with E-state index >= 15 is 0 Å². The molecule has 0 radical (unpaired) electrons. The fourth-order valence-corrected chi connectivity index (χ4v) is 2.46. The third kappa shape index (κ3) is 2.97. The van der Waals surface area contributed by atoms with E-state index in [1.165, 1.54) is 0 Å². The molecule has 0 N–H and O–H groups in total. The maximum absolute atomic E-state index is 8.95. The van der Waals surface area contributed by atoms with E-state index in [0.717, 1.165) is 33.5 Å². The van der Waals surface area contributed by atoms with E-state index in [2.05, 4.69) is 22.0 Å². The van der Waals surface area contributed by atoms with Gasteiger partial charge < -0.3 is 4.74 Å². The number of alkyl halides is 1. The predicted molar refractivity (Wildman–Crippen MR) is 79.8 cm³/mol. The zero-order chi connectivity index (χ0) is 13.8. The second-order valence-electron chi connectivity index (χ2n) is 4.39. The molecule has 0 saturated carbocycles. The van der Waals surface area contributed by atoms with Crippen LogP contribution in [0.2, 0.25) is 0 Å². The Hall–Kier alpha value is -1.79. The molecule has 96 valence electrons. The molecule has 0 aliphatic heterocycles. The number of ether oxygens (including phenoxy) is 1. The Labute approximate surface area is 121 Å². The highest BCUT2D eigenvalue weighted by Gasteiger charge is 2.09. The van der Waals surface area contributed by atoms with Gasteiger partial charge in [0.05, 0.1) is 11.6 Å². The minimum atomic E-state index is 0.663. The van der Waals surface area contributed by atoms with E-state index in [4.69, 9.17) is 10.00 Å². The fraction of sp³-hybridized carbons (Fsp3) is 0.188. The molecule has 0 fully saturated rings. The number of hydrogen-bond acceptors (Lipinski definition) is 2. The Morgan fingerprint density at radius 3 is 2.37 bits per heavy atom. The Kier molecular flexibility index (Phi) is 4.24. The summed E-state index contributed by atoms with van der Waals surface area (Å²) in [4.78, 5) is 0. The Bertz CT molecular complexity index is 620. The lowest BCUT2D eigenvalue weighted by molar-refractivity contribution is 0.471. The zero-order valence-electron chi connectivity index (χ0n) is 10.9. The number of aryl methyl sites for hydroxylation is 2. The zero-order valence-corrected chi connectivity index (χ0v) is 12.5. The monoisotopic (exact) mass is 315 g/mol. The number of para-hydroxylation sites is 1. The summed E-state index contributed by atoms with van der Waals surface area (Å²) in [5, 5.41) is 9.70. The standard InChI is InChI=1S/C16H14BrNO/c1-11-7-13(10-18)8-12(2)16(11)19-15-6-4-3-5-14(15)9-17/h3-8H,9H2,1-2H3. The van der Waals surface area contributed by atoms with Gasteiger partial charge in [-0.05, 0) is 43.2 Å². The van der Waals surface area contributed by atoms with Crippen LogP contribution in [0.1, 0.15) is 22.3 Å². The van der Waals surface area contributed by atoms with Gasteiger partial charge in [0, 0.05) is 10.9 Å². The van der Waals surface area contributed by atoms with E-state index in [9.17, 15) is 0 Å². The largest absolute Gasteiger partial charge is 0.456 e. The Balaban J connectivity index is 2.42. The molecule has 3 heteroatoms. The molecular weight excluding hydrogens is 302 g/mol. The van der Waals surface area contributed by atoms with Gasteiger partial charge in [0.15, 0.2) is 0 Å². The van der Waals surface area contributed by atoms with Crippen LogP contribution < -0.4 is 4.74 Å². The van der Waals surface area contributed by atoms with E-state index in [0.29, 0.717) is 5.56 Å². The molecule has 2 nitrogen and oxygen atoms in total. The fourth-order valence-electron chi connectivity index (χ4n) is 2.00. The smallest absolute Gasteiger partial charge is 0.133 e. The number of hydrogen-bond donors (Lipinski definition) is 0. The van der Waals surface area contributed by atoms with Crippen molar-refractivity contribution in [2.45, 2.75) is 19.2 Å². The van der Waals surface area contributed by atoms with Crippen LogP contribution in [0.15, 0.2) is 36.4 Å². The quantitative estimate of drug-likeness (QED) is 0.757. The highest BCUT2D eigenvalue weighted by atomic mass is 79.9. The lowest BCUT2D eigenvalue weighted by atomic mass is 10.1. The topological polar surface area (TPSA) is 33.0 Å². The summed E-state index contributed by atoms with van der Waals surface area (Å²) >= 11 is 3.46. The van der Waals surface area contributed by atoms with Crippen LogP contribution in [0, 0.1) is 25.2 Å². The summed E-state index contributed by atoms with van der Waals surface area (Å²) in [7, 11) is 0. The summed E-state index contributed by atoms with van der Waals surface area (Å²) < 4.78 is 6.02. The van der Waals surface area contributed by atoms with Gasteiger partial charge in [-0.3, -0.25) is 0 Å². The van der Waals surface area contributed by atoms with Crippen LogP contribution in [-0.4, -0.2) is 0 Å². The first kappa shape index (κ1) is 13.6. The third-order valence-electron chi connectivity index (χ3n) is 2.92. The van der Waals surface area contributed by atoms with Gasteiger partial charge in [0.25, 0.3) is 0 Å². The number of nitrogens with zero attached hydrogens (tertiary/aromatic N) is 1. The van der Waals surface area contributed by atoms with Crippen LogP contribution in [0.4, 0.5) is 0 Å². The van der Waals surface area contributed by atoms with Crippen molar-refractivity contribution in [2.24, 2.45) is 0 Å². The third-order valence-corrected chi connectivity index (χ3v) is 3.52. The SMILES string of the molecule is Cc1cc(C#N)cc(C)c1Oc1ccccc1CBr. The predicted octanol–water partition coefficient (Wildman–Crippen LogP) is 4.86. The van der Waals surface area contributed by atoms with Crippen molar-refractivity contribution in [3.05, 3.63) is 58.7 Å². The molecule has 0 bridgehead atoms. The molecule has 0 spiro atoms. The van der Waals surface area contributed by atoms with Crippen molar-refractivity contribution in [1.82, 2.24) is 0 Å². The molecule has 0 heterocycles. The molecule has 19 heavy (non-hydrogen) atoms. The van der Waals surface area contributed by atoms with Crippen LogP contribution in [-0.2, 0) is 5.33 Å². The minimum absolute atomic E-state index is 0.663. The first-order chi connectivity index (χ1) is 9.15. The van der Waals surface area contributed by atoms with Gasteiger partial charge in [-0.1, -0.05) is 34.1 Å². The van der Waals surface area contributed by atoms with E-state index < -0.39 is 0 Å². The Morgan fingerprint density at radius 2 is 1.79 bits per heavy atom. The van der Waals surface area contributed by atoms with E-state index in [1.54, 1.807) is 0 Å². The van der Waals surface area contributed by atoms with Crippen molar-refractivity contribution in [1.29, 1.82) is 5.26 Å². The molecule has 2 aromatic carbocycles. The minimum Gasteiger partial charge on any atom is -0.456 e. The molecule has 0 atom stereocenters. The summed E-state index contributed by atoms with van der Waals surface area (Å²) in [6.07, 6.45) is 0. The normalized spacial score (nSPS) is 10.0.